The Labute approximate surface area is 160 Å². The van der Waals surface area contributed by atoms with Crippen molar-refractivity contribution in [2.45, 2.75) is 51.1 Å². The zero-order valence-electron chi connectivity index (χ0n) is 14.4. The average Bonchev–Trinajstić information content (AvgIpc) is 2.91. The molecular formula is C18H26Cl2N4O. The third-order valence-corrected chi connectivity index (χ3v) is 5.52. The minimum Gasteiger partial charge on any atom is -0.347 e. The summed E-state index contributed by atoms with van der Waals surface area (Å²) in [5.74, 6) is 1.00. The number of imidazole rings is 1. The summed E-state index contributed by atoms with van der Waals surface area (Å²) in [5, 5.41) is 3.26. The van der Waals surface area contributed by atoms with Crippen LogP contribution in [0.1, 0.15) is 48.2 Å². The molecule has 0 aromatic carbocycles. The van der Waals surface area contributed by atoms with Gasteiger partial charge in [-0.2, -0.15) is 0 Å². The van der Waals surface area contributed by atoms with E-state index >= 15 is 0 Å². The van der Waals surface area contributed by atoms with E-state index in [0.29, 0.717) is 23.6 Å². The van der Waals surface area contributed by atoms with Crippen molar-refractivity contribution in [2.24, 2.45) is 17.6 Å². The number of nitrogens with zero attached hydrogens (tertiary/aromatic N) is 2. The van der Waals surface area contributed by atoms with Crippen LogP contribution in [0.25, 0.3) is 5.65 Å². The van der Waals surface area contributed by atoms with E-state index < -0.39 is 0 Å². The van der Waals surface area contributed by atoms with Gasteiger partial charge in [0.2, 0.25) is 0 Å². The fraction of sp³-hybridized carbons (Fsp3) is 0.556. The molecule has 4 rings (SSSR count). The van der Waals surface area contributed by atoms with Crippen LogP contribution in [0.4, 0.5) is 0 Å². The smallest absolute Gasteiger partial charge is 0.271 e. The van der Waals surface area contributed by atoms with E-state index in [1.54, 1.807) is 0 Å². The first kappa shape index (κ1) is 20.0. The van der Waals surface area contributed by atoms with Crippen molar-refractivity contribution in [1.29, 1.82) is 0 Å². The molecule has 0 spiro atoms. The molecule has 2 aromatic rings. The van der Waals surface area contributed by atoms with Crippen molar-refractivity contribution < 1.29 is 4.79 Å². The molecule has 2 aliphatic carbocycles. The number of rotatable bonds is 2. The van der Waals surface area contributed by atoms with Gasteiger partial charge in [-0.15, -0.1) is 24.8 Å². The molecule has 2 aromatic heterocycles. The average molecular weight is 385 g/mol. The number of carbonyl (C=O) groups excluding carboxylic acids is 1. The number of fused-ring (bicyclic) bond motifs is 3. The van der Waals surface area contributed by atoms with E-state index in [2.05, 4.69) is 10.3 Å². The number of nitrogens with one attached hydrogen (secondary N) is 1. The van der Waals surface area contributed by atoms with Crippen LogP contribution >= 0.6 is 24.8 Å². The summed E-state index contributed by atoms with van der Waals surface area (Å²) in [4.78, 5) is 17.1. The topological polar surface area (TPSA) is 72.4 Å². The summed E-state index contributed by atoms with van der Waals surface area (Å²) in [6.45, 7) is 2.03. The second kappa shape index (κ2) is 7.94. The van der Waals surface area contributed by atoms with Crippen molar-refractivity contribution in [3.05, 3.63) is 35.8 Å². The number of pyridine rings is 1. The first-order valence-electron chi connectivity index (χ1n) is 8.62. The van der Waals surface area contributed by atoms with Crippen molar-refractivity contribution in [3.63, 3.8) is 0 Å². The SMILES string of the molecule is Cc1ccn2cc(C(=O)NC3C4CCCC3CC(N)C4)nc2c1.Cl.Cl. The Morgan fingerprint density at radius 3 is 2.64 bits per heavy atom. The molecule has 0 saturated heterocycles. The van der Waals surface area contributed by atoms with Gasteiger partial charge in [0, 0.05) is 24.5 Å². The summed E-state index contributed by atoms with van der Waals surface area (Å²) in [5.41, 5.74) is 8.63. The number of nitrogens with two attached hydrogens (primary N) is 1. The summed E-state index contributed by atoms with van der Waals surface area (Å²) < 4.78 is 1.90. The maximum absolute atomic E-state index is 12.7. The van der Waals surface area contributed by atoms with Gasteiger partial charge in [-0.05, 0) is 62.1 Å². The number of carbonyl (C=O) groups is 1. The Balaban J connectivity index is 0.00000113. The predicted octanol–water partition coefficient (Wildman–Crippen LogP) is 3.12. The normalized spacial score (nSPS) is 27.9. The second-order valence-corrected chi connectivity index (χ2v) is 7.28. The van der Waals surface area contributed by atoms with E-state index in [1.807, 2.05) is 35.9 Å². The molecule has 2 bridgehead atoms. The fourth-order valence-electron chi connectivity index (χ4n) is 4.44. The van der Waals surface area contributed by atoms with E-state index in [-0.39, 0.29) is 36.8 Å². The molecule has 5 nitrogen and oxygen atoms in total. The number of aryl methyl sites for hydroxylation is 1. The Hall–Kier alpha value is -1.30. The standard InChI is InChI=1S/C18H24N4O.2ClH/c1-11-5-6-22-10-15(20-16(22)7-11)18(23)21-17-12-3-2-4-13(17)9-14(19)8-12;;/h5-7,10,12-14,17H,2-4,8-9,19H2,1H3,(H,21,23);2*1H. The fourth-order valence-corrected chi connectivity index (χ4v) is 4.44. The zero-order valence-corrected chi connectivity index (χ0v) is 16.0. The Bertz CT molecular complexity index is 734. The van der Waals surface area contributed by atoms with Crippen LogP contribution in [-0.4, -0.2) is 27.4 Å². The third-order valence-electron chi connectivity index (χ3n) is 5.52. The lowest BCUT2D eigenvalue weighted by Crippen LogP contribution is -2.53. The highest BCUT2D eigenvalue weighted by atomic mass is 35.5. The van der Waals surface area contributed by atoms with Crippen molar-refractivity contribution in [2.75, 3.05) is 0 Å². The van der Waals surface area contributed by atoms with Crippen LogP contribution in [0.2, 0.25) is 0 Å². The van der Waals surface area contributed by atoms with E-state index in [1.165, 1.54) is 19.3 Å². The van der Waals surface area contributed by atoms with Gasteiger partial charge in [-0.1, -0.05) is 6.42 Å². The molecular weight excluding hydrogens is 359 g/mol. The molecule has 2 fully saturated rings. The lowest BCUT2D eigenvalue weighted by atomic mass is 9.67. The van der Waals surface area contributed by atoms with E-state index in [9.17, 15) is 4.79 Å². The van der Waals surface area contributed by atoms with E-state index in [0.717, 1.165) is 24.1 Å². The Morgan fingerprint density at radius 1 is 1.28 bits per heavy atom. The molecule has 2 heterocycles. The molecule has 2 aliphatic rings. The number of hydrogen-bond acceptors (Lipinski definition) is 3. The largest absolute Gasteiger partial charge is 0.347 e. The summed E-state index contributed by atoms with van der Waals surface area (Å²) in [6.07, 6.45) is 9.45. The van der Waals surface area contributed by atoms with Gasteiger partial charge in [-0.3, -0.25) is 4.79 Å². The minimum atomic E-state index is -0.0521. The third kappa shape index (κ3) is 3.94. The van der Waals surface area contributed by atoms with Gasteiger partial charge in [0.15, 0.2) is 0 Å². The summed E-state index contributed by atoms with van der Waals surface area (Å²) in [7, 11) is 0. The Morgan fingerprint density at radius 2 is 1.96 bits per heavy atom. The van der Waals surface area contributed by atoms with Crippen LogP contribution in [-0.2, 0) is 0 Å². The number of amides is 1. The van der Waals surface area contributed by atoms with Crippen LogP contribution < -0.4 is 11.1 Å². The molecule has 1 amide bonds. The highest BCUT2D eigenvalue weighted by Gasteiger charge is 2.40. The number of hydrogen-bond donors (Lipinski definition) is 2. The molecule has 0 radical (unpaired) electrons. The molecule has 2 unspecified atom stereocenters. The van der Waals surface area contributed by atoms with Crippen LogP contribution in [0.5, 0.6) is 0 Å². The van der Waals surface area contributed by atoms with Gasteiger partial charge >= 0.3 is 0 Å². The Kier molecular flexibility index (Phi) is 6.35. The van der Waals surface area contributed by atoms with Crippen LogP contribution in [0.3, 0.4) is 0 Å². The van der Waals surface area contributed by atoms with Gasteiger partial charge in [-0.25, -0.2) is 4.98 Å². The van der Waals surface area contributed by atoms with Crippen molar-refractivity contribution in [3.8, 4) is 0 Å². The maximum Gasteiger partial charge on any atom is 0.271 e. The predicted molar refractivity (Wildman–Crippen MR) is 104 cm³/mol. The summed E-state index contributed by atoms with van der Waals surface area (Å²) in [6, 6.07) is 4.58. The molecule has 7 heteroatoms. The quantitative estimate of drug-likeness (QED) is 0.834. The molecule has 25 heavy (non-hydrogen) atoms. The van der Waals surface area contributed by atoms with E-state index in [4.69, 9.17) is 5.73 Å². The lowest BCUT2D eigenvalue weighted by molar-refractivity contribution is 0.0752. The van der Waals surface area contributed by atoms with Crippen LogP contribution in [0, 0.1) is 18.8 Å². The minimum absolute atomic E-state index is 0. The first-order valence-corrected chi connectivity index (χ1v) is 8.62. The second-order valence-electron chi connectivity index (χ2n) is 7.28. The molecule has 2 atom stereocenters. The van der Waals surface area contributed by atoms with Crippen LogP contribution in [0.15, 0.2) is 24.5 Å². The number of halogens is 2. The highest BCUT2D eigenvalue weighted by molar-refractivity contribution is 5.93. The van der Waals surface area contributed by atoms with Gasteiger partial charge < -0.3 is 15.5 Å². The van der Waals surface area contributed by atoms with Gasteiger partial charge in [0.1, 0.15) is 11.3 Å². The van der Waals surface area contributed by atoms with Crippen molar-refractivity contribution in [1.82, 2.24) is 14.7 Å². The van der Waals surface area contributed by atoms with Gasteiger partial charge in [0.25, 0.3) is 5.91 Å². The molecule has 2 saturated carbocycles. The monoisotopic (exact) mass is 384 g/mol. The molecule has 3 N–H and O–H groups in total. The first-order chi connectivity index (χ1) is 11.1. The lowest BCUT2D eigenvalue weighted by Gasteiger charge is -2.45. The van der Waals surface area contributed by atoms with Crippen molar-refractivity contribution >= 4 is 36.4 Å². The number of aromatic nitrogens is 2. The molecule has 138 valence electrons. The maximum atomic E-state index is 12.7. The summed E-state index contributed by atoms with van der Waals surface area (Å²) >= 11 is 0. The highest BCUT2D eigenvalue weighted by Crippen LogP contribution is 2.39. The van der Waals surface area contributed by atoms with Gasteiger partial charge in [0.05, 0.1) is 0 Å². The molecule has 0 aliphatic heterocycles. The zero-order chi connectivity index (χ0) is 16.0.